The number of nitrogens with one attached hydrogen (secondary N) is 3. The van der Waals surface area contributed by atoms with Crippen LogP contribution in [0.15, 0.2) is 18.2 Å². The van der Waals surface area contributed by atoms with Gasteiger partial charge in [0.25, 0.3) is 11.8 Å². The first kappa shape index (κ1) is 18.5. The van der Waals surface area contributed by atoms with Gasteiger partial charge in [0.05, 0.1) is 5.69 Å². The van der Waals surface area contributed by atoms with E-state index in [-0.39, 0.29) is 31.2 Å². The lowest BCUT2D eigenvalue weighted by atomic mass is 10.1. The molecule has 7 nitrogen and oxygen atoms in total. The van der Waals surface area contributed by atoms with Gasteiger partial charge in [-0.25, -0.2) is 0 Å². The molecule has 3 rings (SSSR count). The number of rotatable bonds is 4. The zero-order valence-corrected chi connectivity index (χ0v) is 13.9. The van der Waals surface area contributed by atoms with E-state index >= 15 is 0 Å². The Morgan fingerprint density at radius 1 is 1.31 bits per heavy atom. The molecular formula is C16H19F3N4O3. The van der Waals surface area contributed by atoms with E-state index in [1.54, 1.807) is 0 Å². The smallest absolute Gasteiger partial charge is 0.405 e. The Labute approximate surface area is 147 Å². The van der Waals surface area contributed by atoms with E-state index in [2.05, 4.69) is 16.0 Å². The molecule has 0 saturated carbocycles. The number of alkyl halides is 3. The van der Waals surface area contributed by atoms with Crippen molar-refractivity contribution in [3.05, 3.63) is 23.8 Å². The van der Waals surface area contributed by atoms with Crippen molar-refractivity contribution in [2.45, 2.75) is 12.2 Å². The molecular weight excluding hydrogens is 353 g/mol. The molecule has 1 aromatic rings. The van der Waals surface area contributed by atoms with E-state index in [0.717, 1.165) is 0 Å². The molecule has 0 spiro atoms. The van der Waals surface area contributed by atoms with E-state index in [4.69, 9.17) is 4.74 Å². The first-order chi connectivity index (χ1) is 12.3. The van der Waals surface area contributed by atoms with Crippen molar-refractivity contribution in [3.8, 4) is 5.75 Å². The number of hydrogen-bond donors (Lipinski definition) is 3. The van der Waals surface area contributed by atoms with E-state index in [0.29, 0.717) is 24.5 Å². The average molecular weight is 372 g/mol. The van der Waals surface area contributed by atoms with E-state index < -0.39 is 24.7 Å². The standard InChI is InChI=1S/C16H19F3N4O3/c17-16(18,19)13(23-5-3-20-4-6-23)8-21-15(25)10-1-2-11-12(7-10)26-9-14(24)22-11/h1-2,7,13,20H,3-6,8-9H2,(H,21,25)(H,22,24). The quantitative estimate of drug-likeness (QED) is 0.721. The molecule has 3 N–H and O–H groups in total. The van der Waals surface area contributed by atoms with Gasteiger partial charge in [-0.2, -0.15) is 13.2 Å². The van der Waals surface area contributed by atoms with Crippen molar-refractivity contribution in [2.75, 3.05) is 44.6 Å². The van der Waals surface area contributed by atoms with Gasteiger partial charge >= 0.3 is 6.18 Å². The van der Waals surface area contributed by atoms with Crippen molar-refractivity contribution < 1.29 is 27.5 Å². The third-order valence-corrected chi connectivity index (χ3v) is 4.30. The molecule has 26 heavy (non-hydrogen) atoms. The molecule has 1 fully saturated rings. The minimum atomic E-state index is -4.44. The number of benzene rings is 1. The van der Waals surface area contributed by atoms with Crippen molar-refractivity contribution in [3.63, 3.8) is 0 Å². The molecule has 0 bridgehead atoms. The molecule has 1 atom stereocenters. The second-order valence-corrected chi connectivity index (χ2v) is 6.10. The van der Waals surface area contributed by atoms with Crippen LogP contribution in [0.2, 0.25) is 0 Å². The third-order valence-electron chi connectivity index (χ3n) is 4.30. The summed E-state index contributed by atoms with van der Waals surface area (Å²) in [6.45, 7) is 0.801. The average Bonchev–Trinajstić information content (AvgIpc) is 2.61. The molecule has 0 aliphatic carbocycles. The summed E-state index contributed by atoms with van der Waals surface area (Å²) >= 11 is 0. The number of piperazine rings is 1. The van der Waals surface area contributed by atoms with E-state index in [9.17, 15) is 22.8 Å². The van der Waals surface area contributed by atoms with Crippen LogP contribution < -0.4 is 20.7 Å². The Kier molecular flexibility index (Phi) is 5.33. The lowest BCUT2D eigenvalue weighted by Gasteiger charge is -2.35. The number of ether oxygens (including phenoxy) is 1. The first-order valence-electron chi connectivity index (χ1n) is 8.21. The van der Waals surface area contributed by atoms with E-state index in [1.165, 1.54) is 23.1 Å². The van der Waals surface area contributed by atoms with Crippen LogP contribution in [0, 0.1) is 0 Å². The van der Waals surface area contributed by atoms with Gasteiger partial charge in [0.15, 0.2) is 6.61 Å². The van der Waals surface area contributed by atoms with Crippen LogP contribution >= 0.6 is 0 Å². The highest BCUT2D eigenvalue weighted by molar-refractivity contribution is 5.98. The molecule has 1 unspecified atom stereocenters. The number of anilines is 1. The summed E-state index contributed by atoms with van der Waals surface area (Å²) in [5.74, 6) is -0.622. The zero-order valence-electron chi connectivity index (χ0n) is 13.9. The highest BCUT2D eigenvalue weighted by Gasteiger charge is 2.43. The lowest BCUT2D eigenvalue weighted by molar-refractivity contribution is -0.183. The lowest BCUT2D eigenvalue weighted by Crippen LogP contribution is -2.57. The number of halogens is 3. The molecule has 2 aliphatic heterocycles. The van der Waals surface area contributed by atoms with Gasteiger partial charge in [-0.15, -0.1) is 0 Å². The van der Waals surface area contributed by atoms with Crippen molar-refractivity contribution in [1.82, 2.24) is 15.5 Å². The van der Waals surface area contributed by atoms with Crippen LogP contribution in [0.3, 0.4) is 0 Å². The van der Waals surface area contributed by atoms with Crippen LogP contribution in [-0.2, 0) is 4.79 Å². The second kappa shape index (κ2) is 7.50. The summed E-state index contributed by atoms with van der Waals surface area (Å²) in [4.78, 5) is 24.8. The molecule has 2 amide bonds. The van der Waals surface area contributed by atoms with Crippen LogP contribution in [0.1, 0.15) is 10.4 Å². The summed E-state index contributed by atoms with van der Waals surface area (Å²) in [5, 5.41) is 7.94. The predicted octanol–water partition coefficient (Wildman–Crippen LogP) is 0.583. The summed E-state index contributed by atoms with van der Waals surface area (Å²) in [5.41, 5.74) is 0.591. The minimum Gasteiger partial charge on any atom is -0.482 e. The monoisotopic (exact) mass is 372 g/mol. The summed E-state index contributed by atoms with van der Waals surface area (Å²) < 4.78 is 45.3. The first-order valence-corrected chi connectivity index (χ1v) is 8.21. The molecule has 2 heterocycles. The molecule has 0 aromatic heterocycles. The largest absolute Gasteiger partial charge is 0.482 e. The number of amides is 2. The van der Waals surface area contributed by atoms with Crippen LogP contribution in [-0.4, -0.2) is 68.3 Å². The third kappa shape index (κ3) is 4.25. The second-order valence-electron chi connectivity index (χ2n) is 6.10. The maximum absolute atomic E-state index is 13.3. The summed E-state index contributed by atoms with van der Waals surface area (Å²) in [7, 11) is 0. The van der Waals surface area contributed by atoms with Gasteiger partial charge in [0.1, 0.15) is 11.8 Å². The molecule has 142 valence electrons. The number of hydrogen-bond acceptors (Lipinski definition) is 5. The van der Waals surface area contributed by atoms with Gasteiger partial charge in [0.2, 0.25) is 0 Å². The Bertz CT molecular complexity index is 690. The molecule has 2 aliphatic rings. The SMILES string of the molecule is O=C1COc2cc(C(=O)NCC(N3CCNCC3)C(F)(F)F)ccc2N1. The fraction of sp³-hybridized carbons (Fsp3) is 0.500. The maximum Gasteiger partial charge on any atom is 0.405 e. The topological polar surface area (TPSA) is 82.7 Å². The highest BCUT2D eigenvalue weighted by atomic mass is 19.4. The Morgan fingerprint density at radius 2 is 2.04 bits per heavy atom. The predicted molar refractivity (Wildman–Crippen MR) is 87.2 cm³/mol. The van der Waals surface area contributed by atoms with Crippen LogP contribution in [0.5, 0.6) is 5.75 Å². The van der Waals surface area contributed by atoms with Gasteiger partial charge in [0, 0.05) is 38.3 Å². The van der Waals surface area contributed by atoms with Crippen molar-refractivity contribution >= 4 is 17.5 Å². The summed E-state index contributed by atoms with van der Waals surface area (Å²) in [6, 6.07) is 2.58. The molecule has 10 heteroatoms. The van der Waals surface area contributed by atoms with E-state index in [1.807, 2.05) is 0 Å². The zero-order chi connectivity index (χ0) is 18.7. The normalized spacial score (nSPS) is 19.1. The summed E-state index contributed by atoms with van der Waals surface area (Å²) in [6.07, 6.45) is -4.44. The number of fused-ring (bicyclic) bond motifs is 1. The van der Waals surface area contributed by atoms with Gasteiger partial charge in [-0.1, -0.05) is 0 Å². The fourth-order valence-electron chi connectivity index (χ4n) is 2.95. The Balaban J connectivity index is 1.65. The van der Waals surface area contributed by atoms with Crippen molar-refractivity contribution in [2.24, 2.45) is 0 Å². The Hall–Kier alpha value is -2.33. The number of carbonyl (C=O) groups excluding carboxylic acids is 2. The van der Waals surface area contributed by atoms with Gasteiger partial charge in [-0.3, -0.25) is 14.5 Å². The Morgan fingerprint density at radius 3 is 2.73 bits per heavy atom. The number of nitrogens with zero attached hydrogens (tertiary/aromatic N) is 1. The number of carbonyl (C=O) groups is 2. The van der Waals surface area contributed by atoms with Crippen LogP contribution in [0.4, 0.5) is 18.9 Å². The van der Waals surface area contributed by atoms with Gasteiger partial charge < -0.3 is 20.7 Å². The molecule has 0 radical (unpaired) electrons. The van der Waals surface area contributed by atoms with Gasteiger partial charge in [-0.05, 0) is 18.2 Å². The maximum atomic E-state index is 13.3. The minimum absolute atomic E-state index is 0.168. The molecule has 1 aromatic carbocycles. The van der Waals surface area contributed by atoms with Crippen molar-refractivity contribution in [1.29, 1.82) is 0 Å². The van der Waals surface area contributed by atoms with Crippen LogP contribution in [0.25, 0.3) is 0 Å². The molecule has 1 saturated heterocycles. The fourth-order valence-corrected chi connectivity index (χ4v) is 2.95. The highest BCUT2D eigenvalue weighted by Crippen LogP contribution is 2.29.